The molecule has 1 N–H and O–H groups in total. The van der Waals surface area contributed by atoms with E-state index in [2.05, 4.69) is 17.5 Å². The quantitative estimate of drug-likeness (QED) is 0.556. The van der Waals surface area contributed by atoms with E-state index < -0.39 is 0 Å². The summed E-state index contributed by atoms with van der Waals surface area (Å²) < 4.78 is 0. The van der Waals surface area contributed by atoms with Crippen LogP contribution in [-0.2, 0) is 0 Å². The number of rotatable bonds is 1. The van der Waals surface area contributed by atoms with Gasteiger partial charge < -0.3 is 5.32 Å². The van der Waals surface area contributed by atoms with Crippen molar-refractivity contribution >= 4 is 0 Å². The Labute approximate surface area is 67.9 Å². The topological polar surface area (TPSA) is 12.0 Å². The molecule has 3 aliphatic rings. The highest BCUT2D eigenvalue weighted by Crippen LogP contribution is 2.47. The summed E-state index contributed by atoms with van der Waals surface area (Å²) in [4.78, 5) is 0. The summed E-state index contributed by atoms with van der Waals surface area (Å²) in [7, 11) is 0. The second-order valence-corrected chi connectivity index (χ2v) is 4.36. The van der Waals surface area contributed by atoms with Crippen molar-refractivity contribution in [2.75, 3.05) is 13.1 Å². The third kappa shape index (κ3) is 0.807. The molecule has 0 aromatic rings. The highest BCUT2D eigenvalue weighted by Gasteiger charge is 2.41. The molecule has 2 fully saturated rings. The van der Waals surface area contributed by atoms with E-state index in [0.29, 0.717) is 0 Å². The molecule has 2 bridgehead atoms. The van der Waals surface area contributed by atoms with Gasteiger partial charge in [-0.05, 0) is 49.6 Å². The average molecular weight is 149 g/mol. The van der Waals surface area contributed by atoms with Crippen LogP contribution in [0.2, 0.25) is 0 Å². The third-order valence-corrected chi connectivity index (χ3v) is 3.75. The maximum Gasteiger partial charge on any atom is -0.000537 e. The number of allylic oxidation sites excluding steroid dienone is 2. The summed E-state index contributed by atoms with van der Waals surface area (Å²) >= 11 is 0. The first-order valence-electron chi connectivity index (χ1n) is 4.82. The summed E-state index contributed by atoms with van der Waals surface area (Å²) in [5.74, 6) is 4.00. The van der Waals surface area contributed by atoms with Gasteiger partial charge in [-0.3, -0.25) is 0 Å². The zero-order chi connectivity index (χ0) is 7.26. The second-order valence-electron chi connectivity index (χ2n) is 4.36. The van der Waals surface area contributed by atoms with Crippen LogP contribution >= 0.6 is 0 Å². The predicted octanol–water partition coefficient (Wildman–Crippen LogP) is 1.42. The Bertz CT molecular complexity index is 193. The molecule has 3 unspecified atom stereocenters. The van der Waals surface area contributed by atoms with E-state index in [9.17, 15) is 0 Å². The fourth-order valence-electron chi connectivity index (χ4n) is 2.98. The molecule has 1 heterocycles. The largest absolute Gasteiger partial charge is 0.316 e. The van der Waals surface area contributed by atoms with E-state index in [-0.39, 0.29) is 0 Å². The van der Waals surface area contributed by atoms with E-state index in [1.54, 1.807) is 0 Å². The van der Waals surface area contributed by atoms with Gasteiger partial charge in [-0.1, -0.05) is 12.2 Å². The highest BCUT2D eigenvalue weighted by molar-refractivity contribution is 5.12. The number of hydrogen-bond acceptors (Lipinski definition) is 1. The molecule has 0 amide bonds. The minimum atomic E-state index is 0.964. The Morgan fingerprint density at radius 1 is 1.09 bits per heavy atom. The summed E-state index contributed by atoms with van der Waals surface area (Å²) in [6.45, 7) is 2.59. The molecule has 3 atom stereocenters. The van der Waals surface area contributed by atoms with E-state index in [1.807, 2.05) is 0 Å². The molecule has 1 saturated carbocycles. The summed E-state index contributed by atoms with van der Waals surface area (Å²) in [6, 6.07) is 0. The van der Waals surface area contributed by atoms with Crippen LogP contribution in [0.3, 0.4) is 0 Å². The van der Waals surface area contributed by atoms with E-state index in [0.717, 1.165) is 23.7 Å². The average Bonchev–Trinajstić information content (AvgIpc) is 2.42. The van der Waals surface area contributed by atoms with Crippen LogP contribution in [0.1, 0.15) is 12.8 Å². The van der Waals surface area contributed by atoms with Gasteiger partial charge in [0.2, 0.25) is 0 Å². The Balaban J connectivity index is 1.75. The first kappa shape index (κ1) is 6.24. The van der Waals surface area contributed by atoms with Crippen molar-refractivity contribution in [3.63, 3.8) is 0 Å². The number of fused-ring (bicyclic) bond motifs is 2. The lowest BCUT2D eigenvalue weighted by atomic mass is 9.79. The van der Waals surface area contributed by atoms with Crippen LogP contribution in [0, 0.1) is 23.7 Å². The third-order valence-electron chi connectivity index (χ3n) is 3.75. The van der Waals surface area contributed by atoms with Crippen molar-refractivity contribution in [1.82, 2.24) is 5.32 Å². The molecule has 1 heteroatoms. The Morgan fingerprint density at radius 3 is 2.45 bits per heavy atom. The molecule has 0 radical (unpaired) electrons. The van der Waals surface area contributed by atoms with Crippen molar-refractivity contribution in [2.45, 2.75) is 12.8 Å². The van der Waals surface area contributed by atoms with Crippen molar-refractivity contribution in [3.05, 3.63) is 12.2 Å². The van der Waals surface area contributed by atoms with Crippen LogP contribution < -0.4 is 5.32 Å². The Kier molecular flexibility index (Phi) is 1.19. The highest BCUT2D eigenvalue weighted by atomic mass is 15.0. The second kappa shape index (κ2) is 2.10. The maximum absolute atomic E-state index is 3.37. The van der Waals surface area contributed by atoms with Gasteiger partial charge in [-0.2, -0.15) is 0 Å². The smallest absolute Gasteiger partial charge is 0.000537 e. The van der Waals surface area contributed by atoms with Gasteiger partial charge in [0.05, 0.1) is 0 Å². The van der Waals surface area contributed by atoms with E-state index in [4.69, 9.17) is 0 Å². The fraction of sp³-hybridized carbons (Fsp3) is 0.800. The molecule has 1 saturated heterocycles. The SMILES string of the molecule is C1=CC2CC1CC2C1CNC1. The van der Waals surface area contributed by atoms with Crippen LogP contribution in [0.5, 0.6) is 0 Å². The Hall–Kier alpha value is -0.300. The molecule has 1 nitrogen and oxygen atoms in total. The lowest BCUT2D eigenvalue weighted by Gasteiger charge is -2.35. The molecule has 60 valence electrons. The number of hydrogen-bond donors (Lipinski definition) is 1. The summed E-state index contributed by atoms with van der Waals surface area (Å²) in [6.07, 6.45) is 7.87. The Morgan fingerprint density at radius 2 is 2.00 bits per heavy atom. The van der Waals surface area contributed by atoms with Crippen LogP contribution in [0.15, 0.2) is 12.2 Å². The molecule has 0 aromatic heterocycles. The summed E-state index contributed by atoms with van der Waals surface area (Å²) in [5.41, 5.74) is 0. The standard InChI is InChI=1S/C10H15N/c1-2-8-3-7(1)4-10(8)9-5-11-6-9/h1-2,7-11H,3-6H2. The molecule has 1 aliphatic heterocycles. The molecule has 0 aromatic carbocycles. The maximum atomic E-state index is 3.37. The van der Waals surface area contributed by atoms with Gasteiger partial charge in [0.15, 0.2) is 0 Å². The van der Waals surface area contributed by atoms with Crippen molar-refractivity contribution in [1.29, 1.82) is 0 Å². The van der Waals surface area contributed by atoms with Gasteiger partial charge in [-0.15, -0.1) is 0 Å². The van der Waals surface area contributed by atoms with Gasteiger partial charge >= 0.3 is 0 Å². The van der Waals surface area contributed by atoms with Crippen molar-refractivity contribution < 1.29 is 0 Å². The monoisotopic (exact) mass is 149 g/mol. The minimum Gasteiger partial charge on any atom is -0.316 e. The molecular formula is C10H15N. The normalized spacial score (nSPS) is 48.2. The lowest BCUT2D eigenvalue weighted by molar-refractivity contribution is 0.205. The van der Waals surface area contributed by atoms with E-state index in [1.165, 1.54) is 25.9 Å². The van der Waals surface area contributed by atoms with Gasteiger partial charge in [-0.25, -0.2) is 0 Å². The predicted molar refractivity (Wildman–Crippen MR) is 45.2 cm³/mol. The zero-order valence-corrected chi connectivity index (χ0v) is 6.79. The number of nitrogens with one attached hydrogen (secondary N) is 1. The minimum absolute atomic E-state index is 0.964. The molecule has 3 rings (SSSR count). The first-order chi connectivity index (χ1) is 5.43. The zero-order valence-electron chi connectivity index (χ0n) is 6.79. The van der Waals surface area contributed by atoms with E-state index >= 15 is 0 Å². The van der Waals surface area contributed by atoms with Crippen LogP contribution in [-0.4, -0.2) is 13.1 Å². The van der Waals surface area contributed by atoms with Crippen molar-refractivity contribution in [2.24, 2.45) is 23.7 Å². The van der Waals surface area contributed by atoms with Gasteiger partial charge in [0.1, 0.15) is 0 Å². The molecule has 11 heavy (non-hydrogen) atoms. The molecular weight excluding hydrogens is 134 g/mol. The molecule has 0 spiro atoms. The fourth-order valence-corrected chi connectivity index (χ4v) is 2.98. The first-order valence-corrected chi connectivity index (χ1v) is 4.82. The van der Waals surface area contributed by atoms with Crippen LogP contribution in [0.4, 0.5) is 0 Å². The van der Waals surface area contributed by atoms with Gasteiger partial charge in [0.25, 0.3) is 0 Å². The molecule has 2 aliphatic carbocycles. The summed E-state index contributed by atoms with van der Waals surface area (Å²) in [5, 5.41) is 3.37. The van der Waals surface area contributed by atoms with Crippen LogP contribution in [0.25, 0.3) is 0 Å². The van der Waals surface area contributed by atoms with Gasteiger partial charge in [0, 0.05) is 0 Å². The van der Waals surface area contributed by atoms with Crippen molar-refractivity contribution in [3.8, 4) is 0 Å². The lowest BCUT2D eigenvalue weighted by Crippen LogP contribution is -2.47.